The van der Waals surface area contributed by atoms with E-state index in [2.05, 4.69) is 17.1 Å². The average molecular weight is 250 g/mol. The third kappa shape index (κ3) is 2.75. The van der Waals surface area contributed by atoms with Crippen LogP contribution in [0.3, 0.4) is 0 Å². The van der Waals surface area contributed by atoms with Crippen molar-refractivity contribution < 1.29 is 0 Å². The van der Waals surface area contributed by atoms with Crippen molar-refractivity contribution in [3.05, 3.63) is 0 Å². The van der Waals surface area contributed by atoms with Crippen LogP contribution in [-0.2, 0) is 0 Å². The van der Waals surface area contributed by atoms with Crippen LogP contribution in [0.5, 0.6) is 0 Å². The summed E-state index contributed by atoms with van der Waals surface area (Å²) in [5.74, 6) is 0. The molecule has 1 saturated carbocycles. The fourth-order valence-corrected chi connectivity index (χ4v) is 4.63. The summed E-state index contributed by atoms with van der Waals surface area (Å²) in [4.78, 5) is 2.92. The van der Waals surface area contributed by atoms with Crippen molar-refractivity contribution in [3.63, 3.8) is 0 Å². The van der Waals surface area contributed by atoms with Gasteiger partial charge in [0.1, 0.15) is 0 Å². The van der Waals surface area contributed by atoms with E-state index in [1.165, 1.54) is 70.8 Å². The minimum absolute atomic E-state index is 0.844. The smallest absolute Gasteiger partial charge is 0.0128 e. The first kappa shape index (κ1) is 12.9. The molecule has 2 saturated heterocycles. The summed E-state index contributed by atoms with van der Waals surface area (Å²) in [7, 11) is 0. The molecule has 2 unspecified atom stereocenters. The third-order valence-electron chi connectivity index (χ3n) is 5.44. The van der Waals surface area contributed by atoms with Crippen molar-refractivity contribution in [2.45, 2.75) is 95.3 Å². The molecule has 0 amide bonds. The summed E-state index contributed by atoms with van der Waals surface area (Å²) in [5.41, 5.74) is 0. The summed E-state index contributed by atoms with van der Waals surface area (Å²) in [6.45, 7) is 3.69. The summed E-state index contributed by atoms with van der Waals surface area (Å²) in [6, 6.07) is 3.50. The Labute approximate surface area is 113 Å². The van der Waals surface area contributed by atoms with Crippen LogP contribution in [0.4, 0.5) is 0 Å². The first-order valence-corrected chi connectivity index (χ1v) is 8.38. The zero-order valence-corrected chi connectivity index (χ0v) is 12.0. The molecule has 3 rings (SSSR count). The molecular weight excluding hydrogens is 220 g/mol. The van der Waals surface area contributed by atoms with Crippen LogP contribution in [0.1, 0.15) is 71.1 Å². The van der Waals surface area contributed by atoms with Gasteiger partial charge in [0.05, 0.1) is 0 Å². The Morgan fingerprint density at radius 1 is 0.889 bits per heavy atom. The number of nitrogens with one attached hydrogen (secondary N) is 1. The molecule has 0 aromatic rings. The zero-order chi connectivity index (χ0) is 12.4. The molecule has 0 aromatic carbocycles. The second-order valence-electron chi connectivity index (χ2n) is 6.79. The lowest BCUT2D eigenvalue weighted by atomic mass is 9.90. The largest absolute Gasteiger partial charge is 0.311 e. The van der Waals surface area contributed by atoms with Crippen molar-refractivity contribution in [2.75, 3.05) is 6.54 Å². The normalized spacial score (nSPS) is 37.3. The molecule has 2 bridgehead atoms. The van der Waals surface area contributed by atoms with Gasteiger partial charge < -0.3 is 5.32 Å². The number of nitrogens with zero attached hydrogens (tertiary/aromatic N) is 1. The minimum Gasteiger partial charge on any atom is -0.311 e. The number of piperidine rings is 1. The van der Waals surface area contributed by atoms with Gasteiger partial charge in [-0.05, 0) is 51.5 Å². The van der Waals surface area contributed by atoms with E-state index in [-0.39, 0.29) is 0 Å². The molecule has 2 atom stereocenters. The van der Waals surface area contributed by atoms with Gasteiger partial charge in [-0.2, -0.15) is 0 Å². The van der Waals surface area contributed by atoms with Crippen LogP contribution in [0.15, 0.2) is 0 Å². The summed E-state index contributed by atoms with van der Waals surface area (Å²) in [5, 5.41) is 3.79. The van der Waals surface area contributed by atoms with Crippen molar-refractivity contribution in [2.24, 2.45) is 0 Å². The highest BCUT2D eigenvalue weighted by atomic mass is 15.2. The fraction of sp³-hybridized carbons (Fsp3) is 1.00. The molecule has 0 aromatic heterocycles. The minimum atomic E-state index is 0.844. The summed E-state index contributed by atoms with van der Waals surface area (Å²) >= 11 is 0. The first-order valence-electron chi connectivity index (χ1n) is 8.38. The van der Waals surface area contributed by atoms with Crippen molar-refractivity contribution in [1.29, 1.82) is 0 Å². The van der Waals surface area contributed by atoms with Gasteiger partial charge in [-0.25, -0.2) is 0 Å². The molecule has 3 aliphatic rings. The molecule has 1 N–H and O–H groups in total. The van der Waals surface area contributed by atoms with Gasteiger partial charge in [0.25, 0.3) is 0 Å². The van der Waals surface area contributed by atoms with E-state index in [4.69, 9.17) is 0 Å². The molecule has 1 aliphatic carbocycles. The monoisotopic (exact) mass is 250 g/mol. The van der Waals surface area contributed by atoms with Crippen LogP contribution in [0, 0.1) is 0 Å². The maximum absolute atomic E-state index is 3.79. The lowest BCUT2D eigenvalue weighted by Crippen LogP contribution is -2.52. The summed E-state index contributed by atoms with van der Waals surface area (Å²) in [6.07, 6.45) is 14.4. The van der Waals surface area contributed by atoms with E-state index in [0.717, 1.165) is 24.2 Å². The molecule has 2 nitrogen and oxygen atoms in total. The molecule has 0 radical (unpaired) electrons. The molecule has 18 heavy (non-hydrogen) atoms. The van der Waals surface area contributed by atoms with Crippen LogP contribution in [0.2, 0.25) is 0 Å². The standard InChI is InChI=1S/C16H30N2/c1-2-10-18(15-6-4-3-5-7-15)16-11-13-8-9-14(12-16)17-13/h13-17H,2-12H2,1H3. The highest BCUT2D eigenvalue weighted by molar-refractivity contribution is 4.97. The molecular formula is C16H30N2. The third-order valence-corrected chi connectivity index (χ3v) is 5.44. The predicted octanol–water partition coefficient (Wildman–Crippen LogP) is 3.31. The molecule has 2 heterocycles. The van der Waals surface area contributed by atoms with E-state index < -0.39 is 0 Å². The van der Waals surface area contributed by atoms with Gasteiger partial charge in [0.15, 0.2) is 0 Å². The number of rotatable bonds is 4. The second-order valence-corrected chi connectivity index (χ2v) is 6.79. The van der Waals surface area contributed by atoms with Gasteiger partial charge in [0, 0.05) is 24.2 Å². The van der Waals surface area contributed by atoms with Crippen LogP contribution in [-0.4, -0.2) is 35.6 Å². The quantitative estimate of drug-likeness (QED) is 0.823. The zero-order valence-electron chi connectivity index (χ0n) is 12.0. The topological polar surface area (TPSA) is 15.3 Å². The van der Waals surface area contributed by atoms with Gasteiger partial charge >= 0.3 is 0 Å². The lowest BCUT2D eigenvalue weighted by molar-refractivity contribution is 0.0730. The van der Waals surface area contributed by atoms with Crippen LogP contribution in [0.25, 0.3) is 0 Å². The maximum atomic E-state index is 3.79. The SMILES string of the molecule is CCCN(C1CCCCC1)C1CC2CCC(C1)N2. The Hall–Kier alpha value is -0.0800. The Morgan fingerprint density at radius 2 is 1.56 bits per heavy atom. The highest BCUT2D eigenvalue weighted by Crippen LogP contribution is 2.33. The number of fused-ring (bicyclic) bond motifs is 2. The predicted molar refractivity (Wildman–Crippen MR) is 76.8 cm³/mol. The fourth-order valence-electron chi connectivity index (χ4n) is 4.63. The van der Waals surface area contributed by atoms with Crippen LogP contribution < -0.4 is 5.32 Å². The molecule has 2 heteroatoms. The maximum Gasteiger partial charge on any atom is 0.0128 e. The van der Waals surface area contributed by atoms with E-state index in [1.54, 1.807) is 0 Å². The van der Waals surface area contributed by atoms with Crippen molar-refractivity contribution in [3.8, 4) is 0 Å². The van der Waals surface area contributed by atoms with Gasteiger partial charge in [-0.15, -0.1) is 0 Å². The highest BCUT2D eigenvalue weighted by Gasteiger charge is 2.37. The Kier molecular flexibility index (Phi) is 4.25. The van der Waals surface area contributed by atoms with Gasteiger partial charge in [0.2, 0.25) is 0 Å². The van der Waals surface area contributed by atoms with Crippen molar-refractivity contribution in [1.82, 2.24) is 10.2 Å². The molecule has 0 spiro atoms. The molecule has 3 fully saturated rings. The van der Waals surface area contributed by atoms with Crippen LogP contribution >= 0.6 is 0 Å². The average Bonchev–Trinajstić information content (AvgIpc) is 2.76. The molecule has 104 valence electrons. The Balaban J connectivity index is 1.64. The Bertz CT molecular complexity index is 248. The first-order chi connectivity index (χ1) is 8.86. The summed E-state index contributed by atoms with van der Waals surface area (Å²) < 4.78 is 0. The second kappa shape index (κ2) is 5.92. The van der Waals surface area contributed by atoms with Gasteiger partial charge in [-0.1, -0.05) is 26.2 Å². The van der Waals surface area contributed by atoms with E-state index in [0.29, 0.717) is 0 Å². The lowest BCUT2D eigenvalue weighted by Gasteiger charge is -2.43. The van der Waals surface area contributed by atoms with E-state index in [9.17, 15) is 0 Å². The van der Waals surface area contributed by atoms with Crippen molar-refractivity contribution >= 4 is 0 Å². The number of hydrogen-bond donors (Lipinski definition) is 1. The molecule has 2 aliphatic heterocycles. The van der Waals surface area contributed by atoms with E-state index >= 15 is 0 Å². The number of hydrogen-bond acceptors (Lipinski definition) is 2. The van der Waals surface area contributed by atoms with Gasteiger partial charge in [-0.3, -0.25) is 4.90 Å². The Morgan fingerprint density at radius 3 is 2.17 bits per heavy atom. The van der Waals surface area contributed by atoms with E-state index in [1.807, 2.05) is 0 Å².